The molecule has 0 saturated heterocycles. The Morgan fingerprint density at radius 1 is 1.05 bits per heavy atom. The number of anilines is 1. The van der Waals surface area contributed by atoms with Gasteiger partial charge in [-0.15, -0.1) is 0 Å². The van der Waals surface area contributed by atoms with Gasteiger partial charge in [0.2, 0.25) is 0 Å². The van der Waals surface area contributed by atoms with Crippen LogP contribution in [-0.4, -0.2) is 5.78 Å². The molecule has 1 N–H and O–H groups in total. The van der Waals surface area contributed by atoms with Crippen molar-refractivity contribution >= 4 is 11.5 Å². The molecule has 0 unspecified atom stereocenters. The molecule has 4 heteroatoms. The number of halogens is 2. The van der Waals surface area contributed by atoms with Gasteiger partial charge < -0.3 is 5.32 Å². The Bertz CT molecular complexity index is 648. The quantitative estimate of drug-likeness (QED) is 0.671. The maximum absolute atomic E-state index is 13.0. The number of carbonyl (C=O) groups is 1. The molecule has 0 aliphatic carbocycles. The van der Waals surface area contributed by atoms with Gasteiger partial charge in [-0.05, 0) is 19.1 Å². The van der Waals surface area contributed by atoms with Crippen molar-refractivity contribution in [2.75, 3.05) is 5.32 Å². The molecule has 20 heavy (non-hydrogen) atoms. The zero-order valence-electron chi connectivity index (χ0n) is 10.9. The van der Waals surface area contributed by atoms with E-state index in [1.54, 1.807) is 12.1 Å². The van der Waals surface area contributed by atoms with Crippen molar-refractivity contribution in [3.8, 4) is 0 Å². The van der Waals surface area contributed by atoms with Gasteiger partial charge >= 0.3 is 0 Å². The van der Waals surface area contributed by atoms with Crippen molar-refractivity contribution in [1.29, 1.82) is 0 Å². The van der Waals surface area contributed by atoms with Crippen molar-refractivity contribution in [2.24, 2.45) is 0 Å². The number of aryl methyl sites for hydroxylation is 1. The summed E-state index contributed by atoms with van der Waals surface area (Å²) < 4.78 is 25.7. The summed E-state index contributed by atoms with van der Waals surface area (Å²) in [7, 11) is 0. The molecule has 2 nitrogen and oxygen atoms in total. The van der Waals surface area contributed by atoms with Gasteiger partial charge in [0.15, 0.2) is 17.4 Å². The van der Waals surface area contributed by atoms with Crippen LogP contribution in [0.1, 0.15) is 15.9 Å². The number of ketones is 1. The third kappa shape index (κ3) is 3.51. The average Bonchev–Trinajstić information content (AvgIpc) is 2.43. The van der Waals surface area contributed by atoms with E-state index in [2.05, 4.69) is 5.32 Å². The normalized spacial score (nSPS) is 10.8. The van der Waals surface area contributed by atoms with Gasteiger partial charge in [0, 0.05) is 29.6 Å². The molecular weight excluding hydrogens is 260 g/mol. The molecule has 2 aromatic carbocycles. The molecular formula is C16H13F2NO. The SMILES string of the molecule is Cc1ccc(C(=O)C=CNc2ccc(F)c(F)c2)cc1. The van der Waals surface area contributed by atoms with Crippen LogP contribution in [0.5, 0.6) is 0 Å². The van der Waals surface area contributed by atoms with E-state index in [4.69, 9.17) is 0 Å². The first-order chi connectivity index (χ1) is 9.56. The van der Waals surface area contributed by atoms with Crippen molar-refractivity contribution in [1.82, 2.24) is 0 Å². The molecule has 0 aliphatic rings. The second-order valence-corrected chi connectivity index (χ2v) is 4.34. The molecule has 2 rings (SSSR count). The molecule has 0 aromatic heterocycles. The summed E-state index contributed by atoms with van der Waals surface area (Å²) >= 11 is 0. The first-order valence-electron chi connectivity index (χ1n) is 6.05. The zero-order valence-corrected chi connectivity index (χ0v) is 10.9. The molecule has 0 atom stereocenters. The maximum Gasteiger partial charge on any atom is 0.187 e. The Morgan fingerprint density at radius 3 is 2.40 bits per heavy atom. The molecule has 0 bridgehead atoms. The highest BCUT2D eigenvalue weighted by atomic mass is 19.2. The van der Waals surface area contributed by atoms with Gasteiger partial charge in [-0.1, -0.05) is 29.8 Å². The summed E-state index contributed by atoms with van der Waals surface area (Å²) in [5.41, 5.74) is 2.02. The van der Waals surface area contributed by atoms with Gasteiger partial charge in [-0.25, -0.2) is 8.78 Å². The second kappa shape index (κ2) is 6.10. The maximum atomic E-state index is 13.0. The fourth-order valence-corrected chi connectivity index (χ4v) is 1.61. The summed E-state index contributed by atoms with van der Waals surface area (Å²) in [5, 5.41) is 2.72. The number of rotatable bonds is 4. The zero-order chi connectivity index (χ0) is 14.5. The lowest BCUT2D eigenvalue weighted by atomic mass is 10.1. The monoisotopic (exact) mass is 273 g/mol. The van der Waals surface area contributed by atoms with Crippen molar-refractivity contribution < 1.29 is 13.6 Å². The Labute approximate surface area is 115 Å². The minimum atomic E-state index is -0.937. The van der Waals surface area contributed by atoms with Gasteiger partial charge in [0.25, 0.3) is 0 Å². The van der Waals surface area contributed by atoms with Gasteiger partial charge in [-0.2, -0.15) is 0 Å². The van der Waals surface area contributed by atoms with Crippen molar-refractivity contribution in [2.45, 2.75) is 6.92 Å². The Morgan fingerprint density at radius 2 is 1.75 bits per heavy atom. The highest BCUT2D eigenvalue weighted by molar-refractivity contribution is 6.04. The first kappa shape index (κ1) is 13.9. The van der Waals surface area contributed by atoms with E-state index in [0.717, 1.165) is 17.7 Å². The Balaban J connectivity index is 2.00. The third-order valence-corrected chi connectivity index (χ3v) is 2.74. The van der Waals surface area contributed by atoms with Crippen LogP contribution in [0, 0.1) is 18.6 Å². The Hall–Kier alpha value is -2.49. The fraction of sp³-hybridized carbons (Fsp3) is 0.0625. The molecule has 0 radical (unpaired) electrons. The van der Waals surface area contributed by atoms with Crippen LogP contribution < -0.4 is 5.32 Å². The predicted octanol–water partition coefficient (Wildman–Crippen LogP) is 4.08. The largest absolute Gasteiger partial charge is 0.361 e. The molecule has 0 spiro atoms. The Kier molecular flexibility index (Phi) is 4.25. The molecule has 0 fully saturated rings. The van der Waals surface area contributed by atoms with Crippen LogP contribution in [0.3, 0.4) is 0 Å². The standard InChI is InChI=1S/C16H13F2NO/c1-11-2-4-12(5-3-11)16(20)8-9-19-13-6-7-14(17)15(18)10-13/h2-10,19H,1H3. The molecule has 0 heterocycles. The van der Waals surface area contributed by atoms with E-state index < -0.39 is 11.6 Å². The van der Waals surface area contributed by atoms with Crippen LogP contribution in [-0.2, 0) is 0 Å². The highest BCUT2D eigenvalue weighted by Crippen LogP contribution is 2.13. The van der Waals surface area contributed by atoms with E-state index in [1.165, 1.54) is 18.3 Å². The smallest absolute Gasteiger partial charge is 0.187 e. The summed E-state index contributed by atoms with van der Waals surface area (Å²) in [5.74, 6) is -2.01. The van der Waals surface area contributed by atoms with Crippen molar-refractivity contribution in [3.05, 3.63) is 77.5 Å². The summed E-state index contributed by atoms with van der Waals surface area (Å²) in [6.07, 6.45) is 2.74. The van der Waals surface area contributed by atoms with Crippen LogP contribution in [0.4, 0.5) is 14.5 Å². The van der Waals surface area contributed by atoms with Crippen LogP contribution in [0.25, 0.3) is 0 Å². The summed E-state index contributed by atoms with van der Waals surface area (Å²) in [6.45, 7) is 1.94. The number of allylic oxidation sites excluding steroid dienone is 1. The third-order valence-electron chi connectivity index (χ3n) is 2.74. The van der Waals surface area contributed by atoms with E-state index >= 15 is 0 Å². The van der Waals surface area contributed by atoms with Gasteiger partial charge in [-0.3, -0.25) is 4.79 Å². The van der Waals surface area contributed by atoms with E-state index in [0.29, 0.717) is 11.3 Å². The average molecular weight is 273 g/mol. The van der Waals surface area contributed by atoms with Gasteiger partial charge in [0.1, 0.15) is 0 Å². The molecule has 0 saturated carbocycles. The second-order valence-electron chi connectivity index (χ2n) is 4.34. The lowest BCUT2D eigenvalue weighted by molar-refractivity contribution is 0.104. The van der Waals surface area contributed by atoms with E-state index in [9.17, 15) is 13.6 Å². The fourth-order valence-electron chi connectivity index (χ4n) is 1.61. The molecule has 102 valence electrons. The van der Waals surface area contributed by atoms with Crippen LogP contribution >= 0.6 is 0 Å². The predicted molar refractivity (Wildman–Crippen MR) is 74.6 cm³/mol. The van der Waals surface area contributed by atoms with Crippen LogP contribution in [0.2, 0.25) is 0 Å². The number of nitrogens with one attached hydrogen (secondary N) is 1. The minimum absolute atomic E-state index is 0.167. The van der Waals surface area contributed by atoms with Crippen LogP contribution in [0.15, 0.2) is 54.7 Å². The number of carbonyl (C=O) groups excluding carboxylic acids is 1. The number of hydrogen-bond acceptors (Lipinski definition) is 2. The summed E-state index contributed by atoms with van der Waals surface area (Å²) in [4.78, 5) is 11.8. The van der Waals surface area contributed by atoms with Gasteiger partial charge in [0.05, 0.1) is 0 Å². The van der Waals surface area contributed by atoms with E-state index in [1.807, 2.05) is 19.1 Å². The first-order valence-corrected chi connectivity index (χ1v) is 6.05. The number of benzene rings is 2. The lowest BCUT2D eigenvalue weighted by Gasteiger charge is -2.01. The lowest BCUT2D eigenvalue weighted by Crippen LogP contribution is -1.96. The van der Waals surface area contributed by atoms with E-state index in [-0.39, 0.29) is 5.78 Å². The molecule has 2 aromatic rings. The summed E-state index contributed by atoms with van der Waals surface area (Å²) in [6, 6.07) is 10.6. The highest BCUT2D eigenvalue weighted by Gasteiger charge is 2.02. The topological polar surface area (TPSA) is 29.1 Å². The minimum Gasteiger partial charge on any atom is -0.361 e. The molecule has 0 amide bonds. The molecule has 0 aliphatic heterocycles. The number of hydrogen-bond donors (Lipinski definition) is 1. The van der Waals surface area contributed by atoms with Crippen molar-refractivity contribution in [3.63, 3.8) is 0 Å².